The molecule has 22 heavy (non-hydrogen) atoms. The van der Waals surface area contributed by atoms with Gasteiger partial charge in [0.15, 0.2) is 0 Å². The smallest absolute Gasteiger partial charge is 0.148 e. The molecular formula is C15H19Cl2N5. The van der Waals surface area contributed by atoms with Crippen LogP contribution in [0.3, 0.4) is 0 Å². The molecule has 2 aromatic rings. The Morgan fingerprint density at radius 2 is 1.95 bits per heavy atom. The predicted molar refractivity (Wildman–Crippen MR) is 91.4 cm³/mol. The number of anilines is 1. The van der Waals surface area contributed by atoms with Gasteiger partial charge < -0.3 is 10.6 Å². The van der Waals surface area contributed by atoms with Crippen LogP contribution in [0.1, 0.15) is 0 Å². The first-order valence-corrected chi connectivity index (χ1v) is 8.16. The lowest BCUT2D eigenvalue weighted by molar-refractivity contribution is 0.249. The van der Waals surface area contributed by atoms with Crippen molar-refractivity contribution in [3.63, 3.8) is 0 Å². The van der Waals surface area contributed by atoms with Crippen molar-refractivity contribution in [1.29, 1.82) is 0 Å². The number of benzene rings is 1. The third kappa shape index (κ3) is 3.93. The number of halogens is 2. The molecule has 0 atom stereocenters. The molecule has 0 bridgehead atoms. The van der Waals surface area contributed by atoms with E-state index in [1.807, 2.05) is 18.3 Å². The van der Waals surface area contributed by atoms with Crippen molar-refractivity contribution >= 4 is 29.0 Å². The van der Waals surface area contributed by atoms with Gasteiger partial charge in [-0.15, -0.1) is 0 Å². The van der Waals surface area contributed by atoms with E-state index in [4.69, 9.17) is 23.2 Å². The van der Waals surface area contributed by atoms with E-state index in [-0.39, 0.29) is 0 Å². The van der Waals surface area contributed by atoms with Crippen LogP contribution < -0.4 is 10.6 Å². The molecule has 1 aliphatic rings. The van der Waals surface area contributed by atoms with E-state index in [9.17, 15) is 0 Å². The molecule has 3 rings (SSSR count). The van der Waals surface area contributed by atoms with Gasteiger partial charge in [0.05, 0.1) is 15.7 Å². The zero-order valence-electron chi connectivity index (χ0n) is 12.2. The molecule has 0 unspecified atom stereocenters. The van der Waals surface area contributed by atoms with E-state index in [2.05, 4.69) is 20.6 Å². The predicted octanol–water partition coefficient (Wildman–Crippen LogP) is 2.50. The summed E-state index contributed by atoms with van der Waals surface area (Å²) in [6, 6.07) is 7.44. The fourth-order valence-electron chi connectivity index (χ4n) is 2.47. The highest BCUT2D eigenvalue weighted by Crippen LogP contribution is 2.24. The number of aromatic nitrogens is 2. The zero-order chi connectivity index (χ0) is 15.4. The molecule has 1 aromatic heterocycles. The Bertz CT molecular complexity index is 622. The van der Waals surface area contributed by atoms with Crippen LogP contribution >= 0.6 is 23.2 Å². The van der Waals surface area contributed by atoms with E-state index in [0.29, 0.717) is 10.0 Å². The average molecular weight is 340 g/mol. The SMILES string of the molecule is Clc1ccc(-n2ccc(NCCN3CCNCC3)n2)cc1Cl. The van der Waals surface area contributed by atoms with Crippen LogP contribution in [0.25, 0.3) is 5.69 Å². The van der Waals surface area contributed by atoms with Gasteiger partial charge in [0.2, 0.25) is 0 Å². The van der Waals surface area contributed by atoms with Gasteiger partial charge in [0, 0.05) is 51.5 Å². The van der Waals surface area contributed by atoms with Gasteiger partial charge in [0.25, 0.3) is 0 Å². The van der Waals surface area contributed by atoms with Gasteiger partial charge in [-0.05, 0) is 18.2 Å². The number of nitrogens with one attached hydrogen (secondary N) is 2. The molecule has 1 aliphatic heterocycles. The Kier molecular flexibility index (Phi) is 5.20. The first-order chi connectivity index (χ1) is 10.7. The second-order valence-electron chi connectivity index (χ2n) is 5.26. The fraction of sp³-hybridized carbons (Fsp3) is 0.400. The molecule has 0 aliphatic carbocycles. The van der Waals surface area contributed by atoms with Gasteiger partial charge in [-0.2, -0.15) is 5.10 Å². The van der Waals surface area contributed by atoms with Crippen LogP contribution in [-0.4, -0.2) is 53.9 Å². The molecule has 0 amide bonds. The summed E-state index contributed by atoms with van der Waals surface area (Å²) in [6.45, 7) is 6.29. The molecular weight excluding hydrogens is 321 g/mol. The lowest BCUT2D eigenvalue weighted by atomic mass is 10.3. The minimum atomic E-state index is 0.530. The number of nitrogens with zero attached hydrogens (tertiary/aromatic N) is 3. The van der Waals surface area contributed by atoms with Gasteiger partial charge in [-0.1, -0.05) is 23.2 Å². The van der Waals surface area contributed by atoms with Crippen molar-refractivity contribution in [3.05, 3.63) is 40.5 Å². The summed E-state index contributed by atoms with van der Waals surface area (Å²) in [6.07, 6.45) is 1.91. The first kappa shape index (κ1) is 15.6. The molecule has 1 saturated heterocycles. The number of piperazine rings is 1. The second kappa shape index (κ2) is 7.33. The fourth-order valence-corrected chi connectivity index (χ4v) is 2.76. The van der Waals surface area contributed by atoms with Crippen LogP contribution in [-0.2, 0) is 0 Å². The van der Waals surface area contributed by atoms with Crippen molar-refractivity contribution in [1.82, 2.24) is 20.0 Å². The molecule has 2 heterocycles. The van der Waals surface area contributed by atoms with Crippen molar-refractivity contribution in [2.24, 2.45) is 0 Å². The van der Waals surface area contributed by atoms with Crippen LogP contribution in [0.15, 0.2) is 30.5 Å². The summed E-state index contributed by atoms with van der Waals surface area (Å²) < 4.78 is 1.79. The highest BCUT2D eigenvalue weighted by Gasteiger charge is 2.09. The Morgan fingerprint density at radius 3 is 2.73 bits per heavy atom. The standard InChI is InChI=1S/C15H19Cl2N5/c16-13-2-1-12(11-14(13)17)22-7-3-15(20-22)19-6-10-21-8-4-18-5-9-21/h1-3,7,11,18H,4-6,8-10H2,(H,19,20). The number of hydrogen-bond acceptors (Lipinski definition) is 4. The Labute approximate surface area is 140 Å². The van der Waals surface area contributed by atoms with Crippen molar-refractivity contribution in [2.45, 2.75) is 0 Å². The maximum Gasteiger partial charge on any atom is 0.148 e. The molecule has 118 valence electrons. The third-order valence-corrected chi connectivity index (χ3v) is 4.44. The zero-order valence-corrected chi connectivity index (χ0v) is 13.7. The Balaban J connectivity index is 1.55. The normalized spacial score (nSPS) is 15.9. The summed E-state index contributed by atoms with van der Waals surface area (Å²) in [4.78, 5) is 2.44. The highest BCUT2D eigenvalue weighted by molar-refractivity contribution is 6.42. The lowest BCUT2D eigenvalue weighted by Crippen LogP contribution is -2.45. The van der Waals surface area contributed by atoms with Crippen LogP contribution in [0.4, 0.5) is 5.82 Å². The average Bonchev–Trinajstić information content (AvgIpc) is 3.00. The Morgan fingerprint density at radius 1 is 1.14 bits per heavy atom. The van der Waals surface area contributed by atoms with Gasteiger partial charge in [0.1, 0.15) is 5.82 Å². The topological polar surface area (TPSA) is 45.1 Å². The van der Waals surface area contributed by atoms with E-state index < -0.39 is 0 Å². The third-order valence-electron chi connectivity index (χ3n) is 3.70. The van der Waals surface area contributed by atoms with Crippen molar-refractivity contribution in [2.75, 3.05) is 44.6 Å². The van der Waals surface area contributed by atoms with Gasteiger partial charge >= 0.3 is 0 Å². The van der Waals surface area contributed by atoms with Crippen molar-refractivity contribution in [3.8, 4) is 5.69 Å². The minimum Gasteiger partial charge on any atom is -0.367 e. The van der Waals surface area contributed by atoms with Gasteiger partial charge in [-0.25, -0.2) is 4.68 Å². The summed E-state index contributed by atoms with van der Waals surface area (Å²) in [5.74, 6) is 0.862. The maximum atomic E-state index is 6.04. The van der Waals surface area contributed by atoms with E-state index in [1.54, 1.807) is 16.8 Å². The van der Waals surface area contributed by atoms with E-state index >= 15 is 0 Å². The number of hydrogen-bond donors (Lipinski definition) is 2. The molecule has 2 N–H and O–H groups in total. The molecule has 1 fully saturated rings. The summed E-state index contributed by atoms with van der Waals surface area (Å²) in [5.41, 5.74) is 0.893. The van der Waals surface area contributed by atoms with Crippen molar-refractivity contribution < 1.29 is 0 Å². The number of rotatable bonds is 5. The van der Waals surface area contributed by atoms with Crippen LogP contribution in [0, 0.1) is 0 Å². The largest absolute Gasteiger partial charge is 0.367 e. The quantitative estimate of drug-likeness (QED) is 0.878. The van der Waals surface area contributed by atoms with Crippen LogP contribution in [0.2, 0.25) is 10.0 Å². The van der Waals surface area contributed by atoms with Gasteiger partial charge in [-0.3, -0.25) is 4.90 Å². The summed E-state index contributed by atoms with van der Waals surface area (Å²) >= 11 is 12.0. The Hall–Kier alpha value is -1.27. The molecule has 0 spiro atoms. The minimum absolute atomic E-state index is 0.530. The maximum absolute atomic E-state index is 6.04. The van der Waals surface area contributed by atoms with Crippen LogP contribution in [0.5, 0.6) is 0 Å². The van der Waals surface area contributed by atoms with E-state index in [0.717, 1.165) is 50.8 Å². The first-order valence-electron chi connectivity index (χ1n) is 7.40. The lowest BCUT2D eigenvalue weighted by Gasteiger charge is -2.27. The highest BCUT2D eigenvalue weighted by atomic mass is 35.5. The second-order valence-corrected chi connectivity index (χ2v) is 6.08. The molecule has 7 heteroatoms. The summed E-state index contributed by atoms with van der Waals surface area (Å²) in [7, 11) is 0. The molecule has 0 saturated carbocycles. The molecule has 0 radical (unpaired) electrons. The summed E-state index contributed by atoms with van der Waals surface area (Å²) in [5, 5.41) is 12.3. The van der Waals surface area contributed by atoms with E-state index in [1.165, 1.54) is 0 Å². The molecule has 5 nitrogen and oxygen atoms in total. The monoisotopic (exact) mass is 339 g/mol. The molecule has 1 aromatic carbocycles.